The number of aliphatic imine (C=N–C) groups is 2. The summed E-state index contributed by atoms with van der Waals surface area (Å²) in [5, 5.41) is 15.0. The third-order valence-corrected chi connectivity index (χ3v) is 9.41. The number of aryl methyl sites for hydroxylation is 1. The largest absolute Gasteiger partial charge is 0.353 e. The van der Waals surface area contributed by atoms with Gasteiger partial charge >= 0.3 is 0 Å². The number of nitrogens with one attached hydrogen (secondary N) is 4. The number of hydrogen-bond donors (Lipinski definition) is 4. The van der Waals surface area contributed by atoms with Gasteiger partial charge in [0.05, 0.1) is 12.1 Å². The molecular formula is C33H54N6. The van der Waals surface area contributed by atoms with Crippen LogP contribution in [-0.2, 0) is 0 Å². The van der Waals surface area contributed by atoms with Crippen LogP contribution in [0.15, 0.2) is 28.2 Å². The molecule has 4 N–H and O–H groups in total. The maximum absolute atomic E-state index is 5.22. The van der Waals surface area contributed by atoms with Crippen LogP contribution in [0.5, 0.6) is 0 Å². The summed E-state index contributed by atoms with van der Waals surface area (Å²) in [4.78, 5) is 10.4. The van der Waals surface area contributed by atoms with Crippen molar-refractivity contribution in [2.75, 3.05) is 10.6 Å². The molecule has 0 radical (unpaired) electrons. The minimum absolute atomic E-state index is 0.447. The van der Waals surface area contributed by atoms with Crippen LogP contribution in [-0.4, -0.2) is 36.1 Å². The fourth-order valence-electron chi connectivity index (χ4n) is 7.02. The minimum atomic E-state index is 0.447. The number of nitrogens with zero attached hydrogens (tertiary/aromatic N) is 2. The van der Waals surface area contributed by atoms with E-state index in [4.69, 9.17) is 9.98 Å². The van der Waals surface area contributed by atoms with E-state index in [2.05, 4.69) is 46.4 Å². The Balaban J connectivity index is 1.27. The van der Waals surface area contributed by atoms with Crippen LogP contribution in [0.3, 0.4) is 0 Å². The molecule has 0 bridgehead atoms. The molecule has 4 saturated carbocycles. The van der Waals surface area contributed by atoms with Crippen molar-refractivity contribution in [3.05, 3.63) is 23.8 Å². The Morgan fingerprint density at radius 1 is 0.564 bits per heavy atom. The van der Waals surface area contributed by atoms with Crippen LogP contribution in [0, 0.1) is 6.92 Å². The van der Waals surface area contributed by atoms with Gasteiger partial charge in [0.1, 0.15) is 0 Å². The summed E-state index contributed by atoms with van der Waals surface area (Å²) in [6, 6.07) is 8.66. The Morgan fingerprint density at radius 3 is 1.46 bits per heavy atom. The molecule has 0 unspecified atom stereocenters. The van der Waals surface area contributed by atoms with E-state index < -0.39 is 0 Å². The summed E-state index contributed by atoms with van der Waals surface area (Å²) in [5.74, 6) is 1.96. The molecular weight excluding hydrogens is 480 g/mol. The fraction of sp³-hybridized carbons (Fsp3) is 0.758. The monoisotopic (exact) mass is 534 g/mol. The van der Waals surface area contributed by atoms with E-state index in [1.165, 1.54) is 134 Å². The summed E-state index contributed by atoms with van der Waals surface area (Å²) < 4.78 is 0. The van der Waals surface area contributed by atoms with Crippen molar-refractivity contribution in [2.45, 2.75) is 160 Å². The summed E-state index contributed by atoms with van der Waals surface area (Å²) in [6.07, 6.45) is 25.9. The predicted molar refractivity (Wildman–Crippen MR) is 167 cm³/mol. The van der Waals surface area contributed by atoms with Crippen molar-refractivity contribution < 1.29 is 0 Å². The van der Waals surface area contributed by atoms with Gasteiger partial charge in [-0.1, -0.05) is 77.0 Å². The average Bonchev–Trinajstić information content (AvgIpc) is 2.97. The second-order valence-corrected chi connectivity index (χ2v) is 12.8. The second kappa shape index (κ2) is 14.9. The zero-order valence-electron chi connectivity index (χ0n) is 24.6. The van der Waals surface area contributed by atoms with Gasteiger partial charge in [0.15, 0.2) is 11.9 Å². The SMILES string of the molecule is Cc1cc(NC(=NC2CCCCC2)NC2CCCCC2)ccc1NC(=NC1CCCCC1)NC1CCCCC1. The Morgan fingerprint density at radius 2 is 1.00 bits per heavy atom. The van der Waals surface area contributed by atoms with Crippen molar-refractivity contribution >= 4 is 23.3 Å². The molecule has 0 spiro atoms. The van der Waals surface area contributed by atoms with Crippen LogP contribution in [0.1, 0.15) is 134 Å². The van der Waals surface area contributed by atoms with E-state index in [-0.39, 0.29) is 0 Å². The van der Waals surface area contributed by atoms with E-state index in [9.17, 15) is 0 Å². The first kappa shape index (κ1) is 28.3. The van der Waals surface area contributed by atoms with Crippen LogP contribution in [0.4, 0.5) is 11.4 Å². The lowest BCUT2D eigenvalue weighted by Crippen LogP contribution is -2.41. The minimum Gasteiger partial charge on any atom is -0.353 e. The Labute approximate surface area is 237 Å². The molecule has 216 valence electrons. The van der Waals surface area contributed by atoms with Crippen LogP contribution < -0.4 is 21.3 Å². The van der Waals surface area contributed by atoms with Crippen LogP contribution in [0.25, 0.3) is 0 Å². The van der Waals surface area contributed by atoms with Gasteiger partial charge in [0.2, 0.25) is 0 Å². The zero-order chi connectivity index (χ0) is 26.7. The van der Waals surface area contributed by atoms with Gasteiger partial charge < -0.3 is 21.3 Å². The van der Waals surface area contributed by atoms with Gasteiger partial charge in [-0.15, -0.1) is 0 Å². The van der Waals surface area contributed by atoms with E-state index in [1.54, 1.807) is 0 Å². The highest BCUT2D eigenvalue weighted by Crippen LogP contribution is 2.25. The maximum atomic E-state index is 5.22. The van der Waals surface area contributed by atoms with Crippen molar-refractivity contribution in [2.24, 2.45) is 9.98 Å². The molecule has 6 nitrogen and oxygen atoms in total. The maximum Gasteiger partial charge on any atom is 0.196 e. The third kappa shape index (κ3) is 9.14. The fourth-order valence-corrected chi connectivity index (χ4v) is 7.02. The number of benzene rings is 1. The quantitative estimate of drug-likeness (QED) is 0.220. The second-order valence-electron chi connectivity index (χ2n) is 12.8. The Hall–Kier alpha value is -2.24. The highest BCUT2D eigenvalue weighted by Gasteiger charge is 2.20. The lowest BCUT2D eigenvalue weighted by molar-refractivity contribution is 0.408. The van der Waals surface area contributed by atoms with Gasteiger partial charge in [-0.25, -0.2) is 9.98 Å². The number of rotatable bonds is 6. The van der Waals surface area contributed by atoms with Crippen LogP contribution >= 0.6 is 0 Å². The smallest absolute Gasteiger partial charge is 0.196 e. The van der Waals surface area contributed by atoms with Gasteiger partial charge in [0.25, 0.3) is 0 Å². The Kier molecular flexibility index (Phi) is 10.8. The van der Waals surface area contributed by atoms with Crippen LogP contribution in [0.2, 0.25) is 0 Å². The van der Waals surface area contributed by atoms with E-state index >= 15 is 0 Å². The van der Waals surface area contributed by atoms with Gasteiger partial charge in [-0.05, 0) is 82.1 Å². The molecule has 0 amide bonds. The van der Waals surface area contributed by atoms with E-state index in [0.29, 0.717) is 24.2 Å². The molecule has 39 heavy (non-hydrogen) atoms. The summed E-state index contributed by atoms with van der Waals surface area (Å²) >= 11 is 0. The van der Waals surface area contributed by atoms with Crippen molar-refractivity contribution in [3.63, 3.8) is 0 Å². The molecule has 6 heteroatoms. The summed E-state index contributed by atoms with van der Waals surface area (Å²) in [7, 11) is 0. The molecule has 0 atom stereocenters. The topological polar surface area (TPSA) is 72.8 Å². The van der Waals surface area contributed by atoms with E-state index in [0.717, 1.165) is 23.3 Å². The lowest BCUT2D eigenvalue weighted by atomic mass is 9.95. The number of hydrogen-bond acceptors (Lipinski definition) is 2. The number of guanidine groups is 2. The summed E-state index contributed by atoms with van der Waals surface area (Å²) in [6.45, 7) is 2.21. The molecule has 5 rings (SSSR count). The third-order valence-electron chi connectivity index (χ3n) is 9.41. The zero-order valence-corrected chi connectivity index (χ0v) is 24.6. The standard InChI is InChI=1S/C33H54N6/c1-25-24-30(38-32(34-26-14-6-2-7-15-26)35-27-16-8-3-9-17-27)22-23-31(25)39-33(36-28-18-10-4-11-19-28)37-29-20-12-5-13-21-29/h22-24,26-29H,2-21H2,1H3,(H2,34,35,38)(H2,36,37,39). The predicted octanol–water partition coefficient (Wildman–Crippen LogP) is 8.04. The van der Waals surface area contributed by atoms with Gasteiger partial charge in [-0.3, -0.25) is 0 Å². The lowest BCUT2D eigenvalue weighted by Gasteiger charge is -2.28. The first-order valence-corrected chi connectivity index (χ1v) is 16.5. The molecule has 1 aromatic rings. The molecule has 0 aromatic heterocycles. The molecule has 1 aromatic carbocycles. The highest BCUT2D eigenvalue weighted by molar-refractivity contribution is 5.96. The molecule has 0 aliphatic heterocycles. The van der Waals surface area contributed by atoms with Crippen molar-refractivity contribution in [1.29, 1.82) is 0 Å². The first-order chi connectivity index (χ1) is 19.2. The highest BCUT2D eigenvalue weighted by atomic mass is 15.2. The van der Waals surface area contributed by atoms with Crippen molar-refractivity contribution in [1.82, 2.24) is 10.6 Å². The molecule has 0 saturated heterocycles. The molecule has 0 heterocycles. The summed E-state index contributed by atoms with van der Waals surface area (Å²) in [5.41, 5.74) is 3.49. The average molecular weight is 535 g/mol. The first-order valence-electron chi connectivity index (χ1n) is 16.5. The Bertz CT molecular complexity index is 932. The molecule has 4 aliphatic carbocycles. The van der Waals surface area contributed by atoms with Crippen molar-refractivity contribution in [3.8, 4) is 0 Å². The normalized spacial score (nSPS) is 23.4. The van der Waals surface area contributed by atoms with Gasteiger partial charge in [-0.2, -0.15) is 0 Å². The molecule has 4 aliphatic rings. The van der Waals surface area contributed by atoms with E-state index in [1.807, 2.05) is 0 Å². The number of anilines is 2. The van der Waals surface area contributed by atoms with Gasteiger partial charge in [0, 0.05) is 23.5 Å². The molecule has 4 fully saturated rings.